The fourth-order valence-electron chi connectivity index (χ4n) is 19.0. The van der Waals surface area contributed by atoms with Gasteiger partial charge in [-0.25, -0.2) is 29.9 Å². The van der Waals surface area contributed by atoms with Gasteiger partial charge in [-0.15, -0.1) is 22.7 Å². The van der Waals surface area contributed by atoms with Gasteiger partial charge in [0.05, 0.1) is 54.2 Å². The van der Waals surface area contributed by atoms with E-state index in [9.17, 15) is 0 Å². The molecule has 0 saturated carbocycles. The van der Waals surface area contributed by atoms with Crippen LogP contribution in [0, 0.1) is 0 Å². The van der Waals surface area contributed by atoms with Crippen LogP contribution in [0.15, 0.2) is 381 Å². The SMILES string of the molecule is c1ccc(-c2nc(-c3ccccc3)nc(-c3ccc(-n4c5ccccc5c5cc(-n6c7ccccc7c7ccc8c(sc9cccc(-c%10ccc(-c%11nc(-c%12ccccc%12)nc(-c%12ccc%13sc%14ccc(-n%15c%16ccccc%16c%16cc(-n%17c%18ccccc%18c%18c%19oc%20ccccc%20c%19ccc%18%17)ccc%16%15)cc%14c%13c%12)n%11)cc%10)c98)c76)ccc54)cc3)n2)cc1. The second kappa shape index (κ2) is 26.4. The van der Waals surface area contributed by atoms with Crippen molar-refractivity contribution in [3.05, 3.63) is 376 Å². The Labute approximate surface area is 698 Å². The Morgan fingerprint density at radius 2 is 0.595 bits per heavy atom. The summed E-state index contributed by atoms with van der Waals surface area (Å²) in [5.74, 6) is 3.70. The second-order valence-corrected chi connectivity index (χ2v) is 33.3. The lowest BCUT2D eigenvalue weighted by Crippen LogP contribution is -2.00. The van der Waals surface area contributed by atoms with Crippen LogP contribution in [0.1, 0.15) is 0 Å². The summed E-state index contributed by atoms with van der Waals surface area (Å²) in [5.41, 5.74) is 23.0. The van der Waals surface area contributed by atoms with E-state index in [4.69, 9.17) is 34.3 Å². The number of hydrogen-bond acceptors (Lipinski definition) is 9. The number of rotatable bonds is 11. The third kappa shape index (κ3) is 10.4. The highest BCUT2D eigenvalue weighted by Crippen LogP contribution is 2.49. The van der Waals surface area contributed by atoms with Gasteiger partial charge in [0.25, 0.3) is 0 Å². The van der Waals surface area contributed by atoms with Gasteiger partial charge in [0.2, 0.25) is 0 Å². The number of furan rings is 1. The molecular formula is C108H62N10OS2. The molecule has 121 heavy (non-hydrogen) atoms. The van der Waals surface area contributed by atoms with Crippen molar-refractivity contribution in [3.8, 4) is 102 Å². The third-order valence-corrected chi connectivity index (χ3v) is 26.8. The topological polar surface area (TPSA) is 110 Å². The predicted molar refractivity (Wildman–Crippen MR) is 502 cm³/mol. The van der Waals surface area contributed by atoms with Crippen LogP contribution in [-0.2, 0) is 0 Å². The zero-order valence-electron chi connectivity index (χ0n) is 64.5. The molecule has 0 aliphatic heterocycles. The number of nitrogens with zero attached hydrogens (tertiary/aromatic N) is 10. The van der Waals surface area contributed by atoms with Crippen molar-refractivity contribution in [2.24, 2.45) is 0 Å². The van der Waals surface area contributed by atoms with Crippen LogP contribution < -0.4 is 0 Å². The highest BCUT2D eigenvalue weighted by Gasteiger charge is 2.26. The third-order valence-electron chi connectivity index (χ3n) is 24.5. The summed E-state index contributed by atoms with van der Waals surface area (Å²) in [6.07, 6.45) is 0. The first-order valence-corrected chi connectivity index (χ1v) is 42.3. The molecule has 0 amide bonds. The Bertz CT molecular complexity index is 8780. The van der Waals surface area contributed by atoms with Crippen LogP contribution in [0.25, 0.3) is 252 Å². The lowest BCUT2D eigenvalue weighted by Gasteiger charge is -2.12. The molecule has 0 atom stereocenters. The smallest absolute Gasteiger partial charge is 0.164 e. The van der Waals surface area contributed by atoms with Gasteiger partial charge in [0.1, 0.15) is 11.2 Å². The van der Waals surface area contributed by atoms with E-state index in [1.54, 1.807) is 0 Å². The molecule has 0 saturated heterocycles. The lowest BCUT2D eigenvalue weighted by molar-refractivity contribution is 0.673. The number of aromatic nitrogens is 10. The summed E-state index contributed by atoms with van der Waals surface area (Å²) in [4.78, 5) is 31.0. The minimum atomic E-state index is 0.600. The lowest BCUT2D eigenvalue weighted by atomic mass is 9.98. The molecule has 26 rings (SSSR count). The van der Waals surface area contributed by atoms with Gasteiger partial charge < -0.3 is 22.7 Å². The summed E-state index contributed by atoms with van der Waals surface area (Å²) in [6, 6.07) is 135. The van der Waals surface area contributed by atoms with E-state index in [1.807, 2.05) is 108 Å². The van der Waals surface area contributed by atoms with Crippen molar-refractivity contribution in [2.75, 3.05) is 0 Å². The van der Waals surface area contributed by atoms with E-state index in [0.717, 1.165) is 144 Å². The summed E-state index contributed by atoms with van der Waals surface area (Å²) >= 11 is 3.67. The van der Waals surface area contributed by atoms with E-state index < -0.39 is 0 Å². The molecule has 0 N–H and O–H groups in total. The highest BCUT2D eigenvalue weighted by molar-refractivity contribution is 7.27. The number of benzene rings is 17. The molecule has 9 heterocycles. The Morgan fingerprint density at radius 3 is 1.19 bits per heavy atom. The molecule has 11 nitrogen and oxygen atoms in total. The highest BCUT2D eigenvalue weighted by atomic mass is 32.1. The van der Waals surface area contributed by atoms with Crippen molar-refractivity contribution in [3.63, 3.8) is 0 Å². The molecule has 562 valence electrons. The number of thiophene rings is 2. The zero-order valence-corrected chi connectivity index (χ0v) is 66.1. The molecule has 17 aromatic carbocycles. The van der Waals surface area contributed by atoms with E-state index >= 15 is 0 Å². The van der Waals surface area contributed by atoms with Crippen molar-refractivity contribution >= 4 is 172 Å². The van der Waals surface area contributed by atoms with Crippen molar-refractivity contribution in [2.45, 2.75) is 0 Å². The summed E-state index contributed by atoms with van der Waals surface area (Å²) in [6.45, 7) is 0. The van der Waals surface area contributed by atoms with Crippen molar-refractivity contribution in [1.82, 2.24) is 48.2 Å². The fourth-order valence-corrected chi connectivity index (χ4v) is 21.3. The molecule has 0 unspecified atom stereocenters. The summed E-state index contributed by atoms with van der Waals surface area (Å²) in [7, 11) is 0. The molecule has 0 spiro atoms. The van der Waals surface area contributed by atoms with Gasteiger partial charge in [-0.05, 0) is 157 Å². The van der Waals surface area contributed by atoms with Gasteiger partial charge in [-0.3, -0.25) is 0 Å². The number of hydrogen-bond donors (Lipinski definition) is 0. The predicted octanol–water partition coefficient (Wildman–Crippen LogP) is 28.7. The Balaban J connectivity index is 0.547. The van der Waals surface area contributed by atoms with Gasteiger partial charge in [0, 0.05) is 140 Å². The minimum absolute atomic E-state index is 0.600. The summed E-state index contributed by atoms with van der Waals surface area (Å²) in [5, 5.41) is 16.4. The monoisotopic (exact) mass is 1580 g/mol. The normalized spacial score (nSPS) is 12.1. The Morgan fingerprint density at radius 1 is 0.207 bits per heavy atom. The maximum absolute atomic E-state index is 6.69. The minimum Gasteiger partial charge on any atom is -0.455 e. The van der Waals surface area contributed by atoms with Crippen LogP contribution >= 0.6 is 22.7 Å². The molecule has 0 bridgehead atoms. The maximum atomic E-state index is 6.69. The van der Waals surface area contributed by atoms with Gasteiger partial charge >= 0.3 is 0 Å². The molecular weight excluding hydrogens is 1520 g/mol. The Hall–Kier alpha value is -15.8. The zero-order chi connectivity index (χ0) is 79.1. The number of para-hydroxylation sites is 5. The molecule has 9 aromatic heterocycles. The molecule has 13 heteroatoms. The fraction of sp³-hybridized carbons (Fsp3) is 0. The number of fused-ring (bicyclic) bond motifs is 23. The quantitative estimate of drug-likeness (QED) is 0.127. The van der Waals surface area contributed by atoms with E-state index in [-0.39, 0.29) is 0 Å². The molecule has 0 fully saturated rings. The second-order valence-electron chi connectivity index (χ2n) is 31.2. The average molecular weight is 1580 g/mol. The standard InChI is InChI=1S/C108H62N10OS2/c1-4-21-64(22-5-1)103-109-104(65-23-6-2-7-24-65)111-107(110-103)68-43-46-70(47-44-68)115-87-33-15-11-28-76(87)84-61-73(49-55-91(84)115)118-89-35-17-10-27-75(89)79-51-52-82-98-74(32-20-38-97(98)121-102(82)100(79)118)63-39-41-67(42-40-63)106-112-105(66-25-8-3-9-26-66)113-108(114-106)69-45-57-95-85(59-69)86-62-72(50-58-96(86)120-95)116-88-34-16-12-29-77(88)83-60-71(48-54-92(83)116)117-90-36-18-13-31-81(90)99-93(117)56-53-80-78-30-14-19-37-94(78)119-101(80)99/h1-62H. The van der Waals surface area contributed by atoms with Crippen LogP contribution in [0.3, 0.4) is 0 Å². The van der Waals surface area contributed by atoms with E-state index in [1.165, 1.54) is 72.8 Å². The van der Waals surface area contributed by atoms with E-state index in [0.29, 0.717) is 34.9 Å². The summed E-state index contributed by atoms with van der Waals surface area (Å²) < 4.78 is 21.2. The van der Waals surface area contributed by atoms with Crippen molar-refractivity contribution in [1.29, 1.82) is 0 Å². The van der Waals surface area contributed by atoms with Crippen LogP contribution in [-0.4, -0.2) is 48.2 Å². The van der Waals surface area contributed by atoms with Crippen LogP contribution in [0.2, 0.25) is 0 Å². The molecule has 0 aliphatic carbocycles. The van der Waals surface area contributed by atoms with Gasteiger partial charge in [-0.1, -0.05) is 231 Å². The molecule has 0 aliphatic rings. The van der Waals surface area contributed by atoms with Gasteiger partial charge in [0.15, 0.2) is 34.9 Å². The molecule has 26 aromatic rings. The average Bonchev–Trinajstić information content (AvgIpc) is 1.55. The first kappa shape index (κ1) is 67.4. The van der Waals surface area contributed by atoms with E-state index in [2.05, 4.69) is 309 Å². The molecule has 0 radical (unpaired) electrons. The Kier molecular flexibility index (Phi) is 14.7. The maximum Gasteiger partial charge on any atom is 0.164 e. The van der Waals surface area contributed by atoms with Crippen molar-refractivity contribution < 1.29 is 4.42 Å². The van der Waals surface area contributed by atoms with Gasteiger partial charge in [-0.2, -0.15) is 0 Å². The van der Waals surface area contributed by atoms with Crippen LogP contribution in [0.5, 0.6) is 0 Å². The first-order chi connectivity index (χ1) is 60.0. The van der Waals surface area contributed by atoms with Crippen LogP contribution in [0.4, 0.5) is 0 Å². The first-order valence-electron chi connectivity index (χ1n) is 40.6. The largest absolute Gasteiger partial charge is 0.455 e.